The Labute approximate surface area is 150 Å². The molecule has 0 bridgehead atoms. The number of hydrazone groups is 1. The number of amides is 1. The molecule has 0 fully saturated rings. The molecule has 9 heteroatoms. The van der Waals surface area contributed by atoms with Crippen LogP contribution in [0.5, 0.6) is 5.75 Å². The van der Waals surface area contributed by atoms with Crippen LogP contribution in [0.15, 0.2) is 46.0 Å². The molecule has 24 heavy (non-hydrogen) atoms. The van der Waals surface area contributed by atoms with Gasteiger partial charge in [0.1, 0.15) is 10.8 Å². The lowest BCUT2D eigenvalue weighted by Crippen LogP contribution is -2.18. The van der Waals surface area contributed by atoms with Gasteiger partial charge < -0.3 is 4.74 Å². The molecule has 2 aromatic carbocycles. The number of carbonyl (C=O) groups excluding carboxylic acids is 1. The summed E-state index contributed by atoms with van der Waals surface area (Å²) >= 11 is 9.01. The van der Waals surface area contributed by atoms with Gasteiger partial charge in [-0.15, -0.1) is 0 Å². The highest BCUT2D eigenvalue weighted by Gasteiger charge is 2.13. The molecule has 2 aromatic rings. The number of hydrogen-bond acceptors (Lipinski definition) is 5. The molecular weight excluding hydrogens is 402 g/mol. The molecule has 0 spiro atoms. The van der Waals surface area contributed by atoms with Crippen molar-refractivity contribution in [3.05, 3.63) is 67.1 Å². The van der Waals surface area contributed by atoms with Crippen LogP contribution >= 0.6 is 27.5 Å². The fraction of sp³-hybridized carbons (Fsp3) is 0.0667. The Morgan fingerprint density at radius 3 is 2.79 bits per heavy atom. The van der Waals surface area contributed by atoms with Gasteiger partial charge in [0.15, 0.2) is 0 Å². The second-order valence-corrected chi connectivity index (χ2v) is 5.83. The first-order chi connectivity index (χ1) is 11.4. The van der Waals surface area contributed by atoms with Crippen molar-refractivity contribution in [2.45, 2.75) is 0 Å². The number of methoxy groups -OCH3 is 1. The normalized spacial score (nSPS) is 10.6. The van der Waals surface area contributed by atoms with E-state index in [9.17, 15) is 14.9 Å². The molecule has 0 saturated carbocycles. The summed E-state index contributed by atoms with van der Waals surface area (Å²) in [6.45, 7) is 0. The number of nitro groups is 1. The van der Waals surface area contributed by atoms with E-state index in [2.05, 4.69) is 26.5 Å². The largest absolute Gasteiger partial charge is 0.496 e. The standard InChI is InChI=1S/C15H11BrClN3O4/c1-24-14-5-3-10(16)7-11(14)15(21)19-18-8-9-2-4-12(17)13(6-9)20(22)23/h2-8H,1H3,(H,19,21)/b18-8-. The molecule has 2 rings (SSSR count). The van der Waals surface area contributed by atoms with Gasteiger partial charge in [-0.05, 0) is 24.3 Å². The topological polar surface area (TPSA) is 93.8 Å². The van der Waals surface area contributed by atoms with E-state index in [-0.39, 0.29) is 10.7 Å². The van der Waals surface area contributed by atoms with Crippen molar-refractivity contribution in [3.8, 4) is 5.75 Å². The first-order valence-corrected chi connectivity index (χ1v) is 7.70. The number of carbonyl (C=O) groups is 1. The maximum absolute atomic E-state index is 12.1. The van der Waals surface area contributed by atoms with Crippen molar-refractivity contribution < 1.29 is 14.5 Å². The van der Waals surface area contributed by atoms with Crippen LogP contribution in [-0.2, 0) is 0 Å². The summed E-state index contributed by atoms with van der Waals surface area (Å²) in [5, 5.41) is 14.7. The van der Waals surface area contributed by atoms with Gasteiger partial charge in [-0.3, -0.25) is 14.9 Å². The van der Waals surface area contributed by atoms with Crippen LogP contribution < -0.4 is 10.2 Å². The van der Waals surface area contributed by atoms with Crippen molar-refractivity contribution in [1.82, 2.24) is 5.43 Å². The van der Waals surface area contributed by atoms with Crippen LogP contribution in [0.1, 0.15) is 15.9 Å². The van der Waals surface area contributed by atoms with Gasteiger partial charge in [0.25, 0.3) is 11.6 Å². The van der Waals surface area contributed by atoms with Gasteiger partial charge in [0.05, 0.1) is 23.8 Å². The van der Waals surface area contributed by atoms with E-state index in [1.54, 1.807) is 24.3 Å². The molecule has 0 saturated heterocycles. The number of ether oxygens (including phenoxy) is 1. The van der Waals surface area contributed by atoms with Crippen LogP contribution in [-0.4, -0.2) is 24.2 Å². The first kappa shape index (κ1) is 17.9. The summed E-state index contributed by atoms with van der Waals surface area (Å²) < 4.78 is 5.83. The lowest BCUT2D eigenvalue weighted by Gasteiger charge is -2.07. The van der Waals surface area contributed by atoms with Gasteiger partial charge in [0, 0.05) is 16.1 Å². The average Bonchev–Trinajstić information content (AvgIpc) is 2.56. The summed E-state index contributed by atoms with van der Waals surface area (Å²) in [7, 11) is 1.45. The minimum Gasteiger partial charge on any atom is -0.496 e. The fourth-order valence-corrected chi connectivity index (χ4v) is 2.38. The molecule has 0 atom stereocenters. The highest BCUT2D eigenvalue weighted by molar-refractivity contribution is 9.10. The van der Waals surface area contributed by atoms with E-state index >= 15 is 0 Å². The lowest BCUT2D eigenvalue weighted by molar-refractivity contribution is -0.384. The Hall–Kier alpha value is -2.45. The summed E-state index contributed by atoms with van der Waals surface area (Å²) in [4.78, 5) is 22.4. The smallest absolute Gasteiger partial charge is 0.288 e. The number of nitrogens with zero attached hydrogens (tertiary/aromatic N) is 2. The number of nitrogens with one attached hydrogen (secondary N) is 1. The molecule has 1 amide bonds. The van der Waals surface area contributed by atoms with Gasteiger partial charge >= 0.3 is 0 Å². The third kappa shape index (κ3) is 4.30. The molecule has 0 aliphatic rings. The van der Waals surface area contributed by atoms with Crippen LogP contribution in [0.3, 0.4) is 0 Å². The molecule has 0 aromatic heterocycles. The Morgan fingerprint density at radius 1 is 1.38 bits per heavy atom. The second kappa shape index (κ2) is 7.89. The Kier molecular flexibility index (Phi) is 5.88. The van der Waals surface area contributed by atoms with E-state index in [1.807, 2.05) is 0 Å². The van der Waals surface area contributed by atoms with Gasteiger partial charge in [-0.25, -0.2) is 5.43 Å². The Balaban J connectivity index is 2.15. The maximum atomic E-state index is 12.1. The minimum absolute atomic E-state index is 0.0278. The predicted molar refractivity (Wildman–Crippen MR) is 93.9 cm³/mol. The summed E-state index contributed by atoms with van der Waals surface area (Å²) in [5.74, 6) is -0.0825. The monoisotopic (exact) mass is 411 g/mol. The fourth-order valence-electron chi connectivity index (χ4n) is 1.83. The molecule has 1 N–H and O–H groups in total. The van der Waals surface area contributed by atoms with E-state index in [0.717, 1.165) is 0 Å². The quantitative estimate of drug-likeness (QED) is 0.459. The lowest BCUT2D eigenvalue weighted by atomic mass is 10.2. The van der Waals surface area contributed by atoms with Crippen LogP contribution in [0.2, 0.25) is 5.02 Å². The summed E-state index contributed by atoms with van der Waals surface area (Å²) in [5.41, 5.74) is 2.82. The van der Waals surface area contributed by atoms with Crippen molar-refractivity contribution in [1.29, 1.82) is 0 Å². The predicted octanol–water partition coefficient (Wildman–Crippen LogP) is 3.78. The zero-order chi connectivity index (χ0) is 17.7. The zero-order valence-electron chi connectivity index (χ0n) is 12.3. The Bertz CT molecular complexity index is 826. The number of rotatable bonds is 5. The molecule has 0 aliphatic carbocycles. The Morgan fingerprint density at radius 2 is 2.12 bits per heavy atom. The first-order valence-electron chi connectivity index (χ1n) is 6.53. The summed E-state index contributed by atoms with van der Waals surface area (Å²) in [6, 6.07) is 9.18. The third-order valence-electron chi connectivity index (χ3n) is 2.95. The van der Waals surface area contributed by atoms with Crippen molar-refractivity contribution in [3.63, 3.8) is 0 Å². The zero-order valence-corrected chi connectivity index (χ0v) is 14.7. The number of benzene rings is 2. The van der Waals surface area contributed by atoms with Crippen molar-refractivity contribution in [2.75, 3.05) is 7.11 Å². The van der Waals surface area contributed by atoms with E-state index in [4.69, 9.17) is 16.3 Å². The number of nitro benzene ring substituents is 1. The third-order valence-corrected chi connectivity index (χ3v) is 3.77. The van der Waals surface area contributed by atoms with E-state index in [1.165, 1.54) is 25.5 Å². The molecular formula is C15H11BrClN3O4. The number of hydrogen-bond donors (Lipinski definition) is 1. The average molecular weight is 413 g/mol. The molecule has 0 radical (unpaired) electrons. The highest BCUT2D eigenvalue weighted by atomic mass is 79.9. The van der Waals surface area contributed by atoms with Gasteiger partial charge in [0.2, 0.25) is 0 Å². The van der Waals surface area contributed by atoms with E-state index < -0.39 is 10.8 Å². The van der Waals surface area contributed by atoms with Crippen LogP contribution in [0.4, 0.5) is 5.69 Å². The van der Waals surface area contributed by atoms with Gasteiger partial charge in [-0.1, -0.05) is 33.6 Å². The molecule has 7 nitrogen and oxygen atoms in total. The molecule has 0 aliphatic heterocycles. The van der Waals surface area contributed by atoms with Gasteiger partial charge in [-0.2, -0.15) is 5.10 Å². The maximum Gasteiger partial charge on any atom is 0.288 e. The summed E-state index contributed by atoms with van der Waals surface area (Å²) in [6.07, 6.45) is 1.28. The SMILES string of the molecule is COc1ccc(Br)cc1C(=O)N/N=C\c1ccc(Cl)c([N+](=O)[O-])c1. The second-order valence-electron chi connectivity index (χ2n) is 4.51. The highest BCUT2D eigenvalue weighted by Crippen LogP contribution is 2.24. The van der Waals surface area contributed by atoms with Crippen LogP contribution in [0.25, 0.3) is 0 Å². The molecule has 124 valence electrons. The molecule has 0 unspecified atom stereocenters. The minimum atomic E-state index is -0.593. The van der Waals surface area contributed by atoms with Crippen LogP contribution in [0, 0.1) is 10.1 Å². The molecule has 0 heterocycles. The number of halogens is 2. The van der Waals surface area contributed by atoms with E-state index in [0.29, 0.717) is 21.3 Å². The van der Waals surface area contributed by atoms with Crippen molar-refractivity contribution >= 4 is 45.3 Å². The van der Waals surface area contributed by atoms with Crippen molar-refractivity contribution in [2.24, 2.45) is 5.10 Å².